The number of carbonyl (C=O) groups excluding carboxylic acids is 2. The van der Waals surface area contributed by atoms with Crippen LogP contribution in [0.25, 0.3) is 0 Å². The summed E-state index contributed by atoms with van der Waals surface area (Å²) in [6.45, 7) is 4.62. The number of nitrogens with one attached hydrogen (secondary N) is 1. The molecule has 0 radical (unpaired) electrons. The largest absolute Gasteiger partial charge is 0.378 e. The van der Waals surface area contributed by atoms with Crippen LogP contribution in [0.4, 0.5) is 0 Å². The van der Waals surface area contributed by atoms with Crippen molar-refractivity contribution in [2.75, 3.05) is 26.3 Å². The van der Waals surface area contributed by atoms with Crippen LogP contribution in [0.2, 0.25) is 0 Å². The lowest BCUT2D eigenvalue weighted by molar-refractivity contribution is -0.132. The van der Waals surface area contributed by atoms with Gasteiger partial charge in [-0.15, -0.1) is 0 Å². The van der Waals surface area contributed by atoms with Gasteiger partial charge in [0.2, 0.25) is 5.91 Å². The van der Waals surface area contributed by atoms with Crippen molar-refractivity contribution in [3.8, 4) is 0 Å². The Balaban J connectivity index is 1.77. The SMILES string of the molecule is CCC(=O)CCCN1CCOCC1C(=O)NC1CC1. The molecule has 0 aromatic heterocycles. The lowest BCUT2D eigenvalue weighted by Crippen LogP contribution is -2.54. The van der Waals surface area contributed by atoms with Crippen LogP contribution in [0.15, 0.2) is 0 Å². The maximum absolute atomic E-state index is 12.1. The van der Waals surface area contributed by atoms with Crippen LogP contribution in [0, 0.1) is 0 Å². The van der Waals surface area contributed by atoms with E-state index >= 15 is 0 Å². The number of amides is 1. The fourth-order valence-corrected chi connectivity index (χ4v) is 2.33. The third-order valence-corrected chi connectivity index (χ3v) is 3.76. The van der Waals surface area contributed by atoms with E-state index in [1.54, 1.807) is 0 Å². The predicted octanol–water partition coefficient (Wildman–Crippen LogP) is 0.725. The third-order valence-electron chi connectivity index (χ3n) is 3.76. The van der Waals surface area contributed by atoms with Crippen LogP contribution in [0.3, 0.4) is 0 Å². The Hall–Kier alpha value is -0.940. The van der Waals surface area contributed by atoms with Crippen molar-refractivity contribution in [3.63, 3.8) is 0 Å². The standard InChI is InChI=1S/C14H24N2O3/c1-2-12(17)4-3-7-16-8-9-19-10-13(16)14(18)15-11-5-6-11/h11,13H,2-10H2,1H3,(H,15,18). The molecule has 1 unspecified atom stereocenters. The summed E-state index contributed by atoms with van der Waals surface area (Å²) in [5.74, 6) is 0.385. The van der Waals surface area contributed by atoms with Gasteiger partial charge in [-0.1, -0.05) is 6.92 Å². The van der Waals surface area contributed by atoms with Gasteiger partial charge in [0.05, 0.1) is 13.2 Å². The molecule has 1 N–H and O–H groups in total. The Bertz CT molecular complexity index is 329. The normalized spacial score (nSPS) is 24.2. The zero-order valence-electron chi connectivity index (χ0n) is 11.7. The third kappa shape index (κ3) is 4.58. The smallest absolute Gasteiger partial charge is 0.239 e. The topological polar surface area (TPSA) is 58.6 Å². The van der Waals surface area contributed by atoms with Crippen molar-refractivity contribution >= 4 is 11.7 Å². The van der Waals surface area contributed by atoms with Crippen LogP contribution >= 0.6 is 0 Å². The lowest BCUT2D eigenvalue weighted by Gasteiger charge is -2.34. The quantitative estimate of drug-likeness (QED) is 0.739. The molecule has 0 aromatic rings. The molecular formula is C14H24N2O3. The van der Waals surface area contributed by atoms with E-state index in [1.807, 2.05) is 6.92 Å². The van der Waals surface area contributed by atoms with E-state index in [1.165, 1.54) is 0 Å². The molecule has 2 fully saturated rings. The fraction of sp³-hybridized carbons (Fsp3) is 0.857. The van der Waals surface area contributed by atoms with Crippen LogP contribution in [0.5, 0.6) is 0 Å². The number of hydrogen-bond donors (Lipinski definition) is 1. The number of ketones is 1. The summed E-state index contributed by atoms with van der Waals surface area (Å²) in [6.07, 6.45) is 4.26. The highest BCUT2D eigenvalue weighted by Crippen LogP contribution is 2.19. The summed E-state index contributed by atoms with van der Waals surface area (Å²) in [7, 11) is 0. The molecule has 1 amide bonds. The zero-order valence-corrected chi connectivity index (χ0v) is 11.7. The predicted molar refractivity (Wildman–Crippen MR) is 71.9 cm³/mol. The first kappa shape index (κ1) is 14.5. The number of Topliss-reactive ketones (excluding diaryl/α,β-unsaturated/α-hetero) is 1. The second-order valence-corrected chi connectivity index (χ2v) is 5.41. The van der Waals surface area contributed by atoms with Gasteiger partial charge in [0.15, 0.2) is 0 Å². The molecule has 0 bridgehead atoms. The van der Waals surface area contributed by atoms with Crippen LogP contribution in [-0.4, -0.2) is 55.0 Å². The first-order valence-electron chi connectivity index (χ1n) is 7.34. The average Bonchev–Trinajstić information content (AvgIpc) is 3.23. The number of rotatable bonds is 7. The van der Waals surface area contributed by atoms with E-state index in [0.29, 0.717) is 37.9 Å². The highest BCUT2D eigenvalue weighted by atomic mass is 16.5. The molecule has 5 heteroatoms. The average molecular weight is 268 g/mol. The number of ether oxygens (including phenoxy) is 1. The van der Waals surface area contributed by atoms with E-state index in [9.17, 15) is 9.59 Å². The Kier molecular flexibility index (Phi) is 5.34. The number of nitrogens with zero attached hydrogens (tertiary/aromatic N) is 1. The van der Waals surface area contributed by atoms with Crippen LogP contribution in [0.1, 0.15) is 39.0 Å². The fourth-order valence-electron chi connectivity index (χ4n) is 2.33. The molecule has 1 saturated carbocycles. The molecule has 108 valence electrons. The van der Waals surface area contributed by atoms with Gasteiger partial charge in [-0.05, 0) is 25.8 Å². The minimum absolute atomic E-state index is 0.0871. The molecule has 1 atom stereocenters. The highest BCUT2D eigenvalue weighted by Gasteiger charge is 2.32. The molecule has 1 aliphatic heterocycles. The Morgan fingerprint density at radius 3 is 2.84 bits per heavy atom. The Labute approximate surface area is 114 Å². The van der Waals surface area contributed by atoms with Crippen molar-refractivity contribution in [2.24, 2.45) is 0 Å². The van der Waals surface area contributed by atoms with E-state index in [2.05, 4.69) is 10.2 Å². The highest BCUT2D eigenvalue weighted by molar-refractivity contribution is 5.82. The molecule has 1 saturated heterocycles. The maximum Gasteiger partial charge on any atom is 0.239 e. The Morgan fingerprint density at radius 2 is 2.16 bits per heavy atom. The minimum Gasteiger partial charge on any atom is -0.378 e. The summed E-state index contributed by atoms with van der Waals surface area (Å²) in [5, 5.41) is 3.04. The molecular weight excluding hydrogens is 244 g/mol. The summed E-state index contributed by atoms with van der Waals surface area (Å²) in [5.41, 5.74) is 0. The van der Waals surface area contributed by atoms with E-state index in [-0.39, 0.29) is 11.9 Å². The van der Waals surface area contributed by atoms with Gasteiger partial charge in [0, 0.05) is 25.4 Å². The number of hydrogen-bond acceptors (Lipinski definition) is 4. The van der Waals surface area contributed by atoms with Crippen LogP contribution < -0.4 is 5.32 Å². The molecule has 2 rings (SSSR count). The van der Waals surface area contributed by atoms with Crippen molar-refractivity contribution in [1.82, 2.24) is 10.2 Å². The number of carbonyl (C=O) groups is 2. The second-order valence-electron chi connectivity index (χ2n) is 5.41. The molecule has 1 heterocycles. The van der Waals surface area contributed by atoms with Gasteiger partial charge in [-0.3, -0.25) is 14.5 Å². The summed E-state index contributed by atoms with van der Waals surface area (Å²) in [6, 6.07) is 0.212. The molecule has 2 aliphatic rings. The van der Waals surface area contributed by atoms with Crippen LogP contribution in [-0.2, 0) is 14.3 Å². The van der Waals surface area contributed by atoms with Gasteiger partial charge >= 0.3 is 0 Å². The van der Waals surface area contributed by atoms with Crippen molar-refractivity contribution in [2.45, 2.75) is 51.1 Å². The van der Waals surface area contributed by atoms with Gasteiger partial charge in [0.1, 0.15) is 11.8 Å². The van der Waals surface area contributed by atoms with Crippen molar-refractivity contribution < 1.29 is 14.3 Å². The van der Waals surface area contributed by atoms with Gasteiger partial charge in [-0.25, -0.2) is 0 Å². The first-order chi connectivity index (χ1) is 9.20. The van der Waals surface area contributed by atoms with Crippen molar-refractivity contribution in [3.05, 3.63) is 0 Å². The molecule has 19 heavy (non-hydrogen) atoms. The first-order valence-corrected chi connectivity index (χ1v) is 7.34. The molecule has 1 aliphatic carbocycles. The monoisotopic (exact) mass is 268 g/mol. The molecule has 5 nitrogen and oxygen atoms in total. The van der Waals surface area contributed by atoms with Gasteiger partial charge < -0.3 is 10.1 Å². The molecule has 0 aromatic carbocycles. The maximum atomic E-state index is 12.1. The summed E-state index contributed by atoms with van der Waals surface area (Å²) >= 11 is 0. The minimum atomic E-state index is -0.175. The van der Waals surface area contributed by atoms with Gasteiger partial charge in [0.25, 0.3) is 0 Å². The zero-order chi connectivity index (χ0) is 13.7. The number of morpholine rings is 1. The van der Waals surface area contributed by atoms with Crippen molar-refractivity contribution in [1.29, 1.82) is 0 Å². The van der Waals surface area contributed by atoms with Gasteiger partial charge in [-0.2, -0.15) is 0 Å². The molecule has 0 spiro atoms. The second kappa shape index (κ2) is 7.01. The summed E-state index contributed by atoms with van der Waals surface area (Å²) < 4.78 is 5.41. The van der Waals surface area contributed by atoms with E-state index in [0.717, 1.165) is 32.4 Å². The lowest BCUT2D eigenvalue weighted by atomic mass is 10.1. The summed E-state index contributed by atoms with van der Waals surface area (Å²) in [4.78, 5) is 25.6. The van der Waals surface area contributed by atoms with E-state index < -0.39 is 0 Å². The van der Waals surface area contributed by atoms with E-state index in [4.69, 9.17) is 4.74 Å². The Morgan fingerprint density at radius 1 is 1.37 bits per heavy atom.